The van der Waals surface area contributed by atoms with E-state index in [1.54, 1.807) is 6.20 Å². The number of nitriles is 1. The van der Waals surface area contributed by atoms with Crippen LogP contribution in [-0.2, 0) is 16.1 Å². The minimum Gasteiger partial charge on any atom is -0.457 e. The summed E-state index contributed by atoms with van der Waals surface area (Å²) in [6.07, 6.45) is 2.10. The van der Waals surface area contributed by atoms with Gasteiger partial charge in [0, 0.05) is 34.1 Å². The number of ketones is 1. The van der Waals surface area contributed by atoms with Crippen LogP contribution in [0.15, 0.2) is 53.6 Å². The lowest BCUT2D eigenvalue weighted by Crippen LogP contribution is -2.15. The van der Waals surface area contributed by atoms with Crippen molar-refractivity contribution < 1.29 is 14.3 Å². The summed E-state index contributed by atoms with van der Waals surface area (Å²) in [5, 5.41) is 9.64. The number of fused-ring (bicyclic) bond motifs is 1. The van der Waals surface area contributed by atoms with Crippen LogP contribution in [-0.4, -0.2) is 28.7 Å². The molecule has 0 radical (unpaired) electrons. The van der Waals surface area contributed by atoms with E-state index in [-0.39, 0.29) is 18.1 Å². The van der Waals surface area contributed by atoms with Gasteiger partial charge in [0.05, 0.1) is 18.2 Å². The number of nitrogens with zero attached hydrogens (tertiary/aromatic N) is 2. The first-order valence-corrected chi connectivity index (χ1v) is 10.3. The molecular weight excluding hydrogens is 384 g/mol. The Kier molecular flexibility index (Phi) is 6.73. The number of thioether (sulfide) groups is 1. The van der Waals surface area contributed by atoms with Crippen molar-refractivity contribution in [3.8, 4) is 6.07 Å². The summed E-state index contributed by atoms with van der Waals surface area (Å²) in [6, 6.07) is 15.7. The second-order valence-corrected chi connectivity index (χ2v) is 7.82. The molecule has 3 aromatic rings. The third-order valence-electron chi connectivity index (χ3n) is 4.59. The zero-order chi connectivity index (χ0) is 20.8. The van der Waals surface area contributed by atoms with Gasteiger partial charge in [-0.05, 0) is 31.5 Å². The van der Waals surface area contributed by atoms with Crippen molar-refractivity contribution in [1.82, 2.24) is 4.57 Å². The summed E-state index contributed by atoms with van der Waals surface area (Å²) in [4.78, 5) is 25.8. The minimum atomic E-state index is -0.420. The molecule has 1 heterocycles. The molecule has 148 valence electrons. The molecule has 6 heteroatoms. The van der Waals surface area contributed by atoms with Gasteiger partial charge >= 0.3 is 5.97 Å². The van der Waals surface area contributed by atoms with Crippen LogP contribution in [0.1, 0.15) is 27.9 Å². The van der Waals surface area contributed by atoms with Gasteiger partial charge in [-0.15, -0.1) is 11.8 Å². The zero-order valence-electron chi connectivity index (χ0n) is 16.5. The average Bonchev–Trinajstić information content (AvgIpc) is 3.08. The van der Waals surface area contributed by atoms with Crippen LogP contribution in [0.4, 0.5) is 0 Å². The molecule has 0 aliphatic carbocycles. The number of carbonyl (C=O) groups is 2. The highest BCUT2D eigenvalue weighted by Crippen LogP contribution is 2.24. The van der Waals surface area contributed by atoms with Gasteiger partial charge in [0.1, 0.15) is 0 Å². The predicted molar refractivity (Wildman–Crippen MR) is 114 cm³/mol. The van der Waals surface area contributed by atoms with Crippen LogP contribution in [0, 0.1) is 25.2 Å². The van der Waals surface area contributed by atoms with Crippen LogP contribution in [0.5, 0.6) is 0 Å². The maximum Gasteiger partial charge on any atom is 0.316 e. The van der Waals surface area contributed by atoms with Gasteiger partial charge in [0.25, 0.3) is 0 Å². The standard InChI is InChI=1S/C23H22N2O3S/c1-16-8-9-22(17(2)12-16)29-15-23(27)28-14-21(26)19-13-25(11-5-10-24)20-7-4-3-6-18(19)20/h3-4,6-9,12-13H,5,11,14-15H2,1-2H3. The highest BCUT2D eigenvalue weighted by atomic mass is 32.2. The van der Waals surface area contributed by atoms with E-state index in [0.717, 1.165) is 21.4 Å². The van der Waals surface area contributed by atoms with E-state index < -0.39 is 5.97 Å². The van der Waals surface area contributed by atoms with Gasteiger partial charge in [-0.25, -0.2) is 0 Å². The molecule has 0 bridgehead atoms. The lowest BCUT2D eigenvalue weighted by Gasteiger charge is -2.07. The summed E-state index contributed by atoms with van der Waals surface area (Å²) in [6.45, 7) is 4.25. The first-order chi connectivity index (χ1) is 14.0. The van der Waals surface area contributed by atoms with Crippen molar-refractivity contribution in [2.75, 3.05) is 12.4 Å². The van der Waals surface area contributed by atoms with Gasteiger partial charge in [-0.3, -0.25) is 9.59 Å². The molecule has 0 atom stereocenters. The van der Waals surface area contributed by atoms with E-state index >= 15 is 0 Å². The van der Waals surface area contributed by atoms with Crippen LogP contribution >= 0.6 is 11.8 Å². The first kappa shape index (κ1) is 20.7. The van der Waals surface area contributed by atoms with Crippen LogP contribution in [0.3, 0.4) is 0 Å². The Morgan fingerprint density at radius 3 is 2.72 bits per heavy atom. The SMILES string of the molecule is Cc1ccc(SCC(=O)OCC(=O)c2cn(CCC#N)c3ccccc23)c(C)c1. The van der Waals surface area contributed by atoms with E-state index in [2.05, 4.69) is 12.1 Å². The summed E-state index contributed by atoms with van der Waals surface area (Å²) < 4.78 is 7.10. The summed E-state index contributed by atoms with van der Waals surface area (Å²) in [7, 11) is 0. The number of benzene rings is 2. The fraction of sp³-hybridized carbons (Fsp3) is 0.261. The van der Waals surface area contributed by atoms with Crippen molar-refractivity contribution in [2.45, 2.75) is 31.7 Å². The number of rotatable bonds is 8. The number of ether oxygens (including phenoxy) is 1. The number of para-hydroxylation sites is 1. The fourth-order valence-corrected chi connectivity index (χ4v) is 4.00. The van der Waals surface area contributed by atoms with E-state index in [4.69, 9.17) is 10.00 Å². The second-order valence-electron chi connectivity index (χ2n) is 6.80. The van der Waals surface area contributed by atoms with E-state index in [1.165, 1.54) is 17.3 Å². The van der Waals surface area contributed by atoms with E-state index in [1.807, 2.05) is 54.8 Å². The molecule has 0 N–H and O–H groups in total. The normalized spacial score (nSPS) is 10.7. The monoisotopic (exact) mass is 406 g/mol. The molecular formula is C23H22N2O3S. The molecule has 0 aliphatic heterocycles. The molecule has 0 fully saturated rings. The third-order valence-corrected chi connectivity index (χ3v) is 5.74. The number of aryl methyl sites for hydroxylation is 3. The smallest absolute Gasteiger partial charge is 0.316 e. The van der Waals surface area contributed by atoms with Crippen LogP contribution in [0.2, 0.25) is 0 Å². The Hall–Kier alpha value is -3.04. The van der Waals surface area contributed by atoms with Crippen LogP contribution in [0.25, 0.3) is 10.9 Å². The molecule has 2 aromatic carbocycles. The van der Waals surface area contributed by atoms with Gasteiger partial charge in [0.15, 0.2) is 6.61 Å². The van der Waals surface area contributed by atoms with Crippen molar-refractivity contribution in [3.63, 3.8) is 0 Å². The topological polar surface area (TPSA) is 72.1 Å². The largest absolute Gasteiger partial charge is 0.457 e. The van der Waals surface area contributed by atoms with Crippen molar-refractivity contribution in [3.05, 3.63) is 65.4 Å². The Bertz CT molecular complexity index is 1100. The van der Waals surface area contributed by atoms with Crippen molar-refractivity contribution >= 4 is 34.4 Å². The number of esters is 1. The fourth-order valence-electron chi connectivity index (χ4n) is 3.19. The average molecular weight is 407 g/mol. The molecule has 0 aliphatic rings. The quantitative estimate of drug-likeness (QED) is 0.308. The molecule has 0 saturated heterocycles. The molecule has 5 nitrogen and oxygen atoms in total. The molecule has 0 unspecified atom stereocenters. The number of hydrogen-bond donors (Lipinski definition) is 0. The molecule has 3 rings (SSSR count). The summed E-state index contributed by atoms with van der Waals surface area (Å²) in [5.41, 5.74) is 3.69. The Morgan fingerprint density at radius 1 is 1.17 bits per heavy atom. The van der Waals surface area contributed by atoms with Crippen molar-refractivity contribution in [2.24, 2.45) is 0 Å². The lowest BCUT2D eigenvalue weighted by molar-refractivity contribution is -0.139. The molecule has 1 aromatic heterocycles. The maximum atomic E-state index is 12.7. The van der Waals surface area contributed by atoms with Gasteiger partial charge in [-0.1, -0.05) is 35.9 Å². The maximum absolute atomic E-state index is 12.7. The highest BCUT2D eigenvalue weighted by molar-refractivity contribution is 8.00. The Morgan fingerprint density at radius 2 is 1.97 bits per heavy atom. The first-order valence-electron chi connectivity index (χ1n) is 9.33. The lowest BCUT2D eigenvalue weighted by atomic mass is 10.1. The number of hydrogen-bond acceptors (Lipinski definition) is 5. The third kappa shape index (κ3) is 5.07. The predicted octanol–water partition coefficient (Wildman–Crippen LogP) is 4.69. The van der Waals surface area contributed by atoms with Crippen molar-refractivity contribution in [1.29, 1.82) is 5.26 Å². The summed E-state index contributed by atoms with van der Waals surface area (Å²) in [5.74, 6) is -0.514. The van der Waals surface area contributed by atoms with Gasteiger partial charge < -0.3 is 9.30 Å². The number of Topliss-reactive ketones (excluding diaryl/α,β-unsaturated/α-hetero) is 1. The van der Waals surface area contributed by atoms with Gasteiger partial charge in [0.2, 0.25) is 5.78 Å². The molecule has 0 saturated carbocycles. The molecule has 0 spiro atoms. The number of aromatic nitrogens is 1. The second kappa shape index (κ2) is 9.44. The highest BCUT2D eigenvalue weighted by Gasteiger charge is 2.17. The minimum absolute atomic E-state index is 0.154. The van der Waals surface area contributed by atoms with E-state index in [9.17, 15) is 9.59 Å². The van der Waals surface area contributed by atoms with E-state index in [0.29, 0.717) is 18.5 Å². The van der Waals surface area contributed by atoms with Crippen LogP contribution < -0.4 is 0 Å². The zero-order valence-corrected chi connectivity index (χ0v) is 17.3. The Balaban J connectivity index is 1.62. The molecule has 0 amide bonds. The summed E-state index contributed by atoms with van der Waals surface area (Å²) >= 11 is 1.41. The van der Waals surface area contributed by atoms with Gasteiger partial charge in [-0.2, -0.15) is 5.26 Å². The Labute approximate surface area is 174 Å². The molecule has 29 heavy (non-hydrogen) atoms. The number of carbonyl (C=O) groups excluding carboxylic acids is 2.